The lowest BCUT2D eigenvalue weighted by molar-refractivity contribution is -0.132. The molecule has 3 rings (SSSR count). The van der Waals surface area contributed by atoms with E-state index in [1.165, 1.54) is 21.6 Å². The van der Waals surface area contributed by atoms with Crippen molar-refractivity contribution in [2.75, 3.05) is 13.2 Å². The van der Waals surface area contributed by atoms with Crippen molar-refractivity contribution < 1.29 is 9.47 Å². The molecule has 0 saturated heterocycles. The summed E-state index contributed by atoms with van der Waals surface area (Å²) in [5.74, 6) is 0.303. The zero-order chi connectivity index (χ0) is 16.1. The minimum Gasteiger partial charge on any atom is -0.353 e. The molecule has 0 heterocycles. The zero-order valence-electron chi connectivity index (χ0n) is 13.9. The standard InChI is InChI=1S/C21H24O2/c1-3-22-21(23-4-2)15-20-18-13-9-8-12-17(18)14-19(20)16-10-6-5-7-11-16/h5-14,19,21H,3-4,15H2,1-2H3. The van der Waals surface area contributed by atoms with Gasteiger partial charge in [-0.2, -0.15) is 0 Å². The van der Waals surface area contributed by atoms with Gasteiger partial charge in [0.25, 0.3) is 0 Å². The van der Waals surface area contributed by atoms with E-state index in [1.54, 1.807) is 0 Å². The van der Waals surface area contributed by atoms with Crippen molar-refractivity contribution in [1.82, 2.24) is 0 Å². The summed E-state index contributed by atoms with van der Waals surface area (Å²) in [6.45, 7) is 5.36. The SMILES string of the molecule is CCOC(CC1=c2ccccc2=CC1c1ccccc1)OCC. The third kappa shape index (κ3) is 3.54. The Balaban J connectivity index is 2.00. The van der Waals surface area contributed by atoms with Gasteiger partial charge in [0, 0.05) is 25.6 Å². The van der Waals surface area contributed by atoms with Crippen LogP contribution in [0.25, 0.3) is 11.6 Å². The normalized spacial score (nSPS) is 16.5. The molecular formula is C21H24O2. The smallest absolute Gasteiger partial charge is 0.161 e. The van der Waals surface area contributed by atoms with Crippen molar-refractivity contribution in [3.8, 4) is 0 Å². The maximum atomic E-state index is 5.79. The molecule has 120 valence electrons. The Morgan fingerprint density at radius 3 is 2.22 bits per heavy atom. The summed E-state index contributed by atoms with van der Waals surface area (Å²) < 4.78 is 11.6. The minimum atomic E-state index is -0.175. The van der Waals surface area contributed by atoms with Crippen molar-refractivity contribution in [3.63, 3.8) is 0 Å². The predicted octanol–water partition coefficient (Wildman–Crippen LogP) is 3.20. The van der Waals surface area contributed by atoms with Crippen molar-refractivity contribution in [2.24, 2.45) is 0 Å². The quantitative estimate of drug-likeness (QED) is 0.731. The minimum absolute atomic E-state index is 0.175. The summed E-state index contributed by atoms with van der Waals surface area (Å²) in [4.78, 5) is 0. The van der Waals surface area contributed by atoms with Crippen LogP contribution in [0.2, 0.25) is 0 Å². The first-order chi connectivity index (χ1) is 11.3. The molecule has 1 aliphatic rings. The van der Waals surface area contributed by atoms with Gasteiger partial charge in [0.1, 0.15) is 0 Å². The highest BCUT2D eigenvalue weighted by Gasteiger charge is 2.23. The number of hydrogen-bond acceptors (Lipinski definition) is 2. The van der Waals surface area contributed by atoms with E-state index in [1.807, 2.05) is 13.8 Å². The van der Waals surface area contributed by atoms with Gasteiger partial charge in [-0.05, 0) is 35.4 Å². The molecular weight excluding hydrogens is 284 g/mol. The molecule has 2 aromatic rings. The molecule has 0 bridgehead atoms. The highest BCUT2D eigenvalue weighted by Crippen LogP contribution is 2.32. The Labute approximate surface area is 138 Å². The van der Waals surface area contributed by atoms with Crippen LogP contribution in [0.3, 0.4) is 0 Å². The number of rotatable bonds is 7. The molecule has 1 atom stereocenters. The molecule has 1 unspecified atom stereocenters. The molecule has 0 aliphatic heterocycles. The molecule has 0 amide bonds. The lowest BCUT2D eigenvalue weighted by atomic mass is 9.91. The summed E-state index contributed by atoms with van der Waals surface area (Å²) in [5.41, 5.74) is 2.71. The van der Waals surface area contributed by atoms with Crippen molar-refractivity contribution >= 4 is 11.6 Å². The van der Waals surface area contributed by atoms with Gasteiger partial charge in [0.05, 0.1) is 0 Å². The van der Waals surface area contributed by atoms with Crippen LogP contribution >= 0.6 is 0 Å². The van der Waals surface area contributed by atoms with Crippen LogP contribution in [0.15, 0.2) is 54.6 Å². The van der Waals surface area contributed by atoms with Crippen LogP contribution in [-0.4, -0.2) is 19.5 Å². The van der Waals surface area contributed by atoms with E-state index in [2.05, 4.69) is 60.7 Å². The molecule has 0 saturated carbocycles. The fourth-order valence-corrected chi connectivity index (χ4v) is 3.29. The van der Waals surface area contributed by atoms with Gasteiger partial charge in [-0.1, -0.05) is 60.7 Å². The van der Waals surface area contributed by atoms with Crippen LogP contribution in [-0.2, 0) is 9.47 Å². The second-order valence-corrected chi connectivity index (χ2v) is 5.71. The second-order valence-electron chi connectivity index (χ2n) is 5.71. The Bertz CT molecular complexity index is 743. The highest BCUT2D eigenvalue weighted by molar-refractivity contribution is 5.70. The monoisotopic (exact) mass is 308 g/mol. The second kappa shape index (κ2) is 7.58. The van der Waals surface area contributed by atoms with Crippen molar-refractivity contribution in [1.29, 1.82) is 0 Å². The molecule has 0 radical (unpaired) electrons. The summed E-state index contributed by atoms with van der Waals surface area (Å²) in [6, 6.07) is 19.3. The third-order valence-electron chi connectivity index (χ3n) is 4.28. The molecule has 0 N–H and O–H groups in total. The van der Waals surface area contributed by atoms with E-state index < -0.39 is 0 Å². The summed E-state index contributed by atoms with van der Waals surface area (Å²) in [6.07, 6.45) is 2.98. The van der Waals surface area contributed by atoms with Gasteiger partial charge < -0.3 is 9.47 Å². The van der Waals surface area contributed by atoms with Gasteiger partial charge >= 0.3 is 0 Å². The molecule has 2 heteroatoms. The maximum Gasteiger partial charge on any atom is 0.161 e. The van der Waals surface area contributed by atoms with E-state index in [-0.39, 0.29) is 6.29 Å². The topological polar surface area (TPSA) is 18.5 Å². The van der Waals surface area contributed by atoms with Gasteiger partial charge in [-0.25, -0.2) is 0 Å². The molecule has 0 aromatic heterocycles. The molecule has 0 spiro atoms. The molecule has 2 nitrogen and oxygen atoms in total. The number of fused-ring (bicyclic) bond motifs is 1. The summed E-state index contributed by atoms with van der Waals surface area (Å²) in [7, 11) is 0. The first kappa shape index (κ1) is 16.0. The van der Waals surface area contributed by atoms with Gasteiger partial charge in [-0.3, -0.25) is 0 Å². The molecule has 1 aliphatic carbocycles. The van der Waals surface area contributed by atoms with Crippen LogP contribution in [0.1, 0.15) is 31.7 Å². The molecule has 23 heavy (non-hydrogen) atoms. The van der Waals surface area contributed by atoms with Gasteiger partial charge in [0.15, 0.2) is 6.29 Å². The Kier molecular flexibility index (Phi) is 5.27. The number of ether oxygens (including phenoxy) is 2. The molecule has 0 fully saturated rings. The fourth-order valence-electron chi connectivity index (χ4n) is 3.29. The van der Waals surface area contributed by atoms with E-state index >= 15 is 0 Å². The van der Waals surface area contributed by atoms with Gasteiger partial charge in [-0.15, -0.1) is 0 Å². The number of hydrogen-bond donors (Lipinski definition) is 0. The van der Waals surface area contributed by atoms with Crippen LogP contribution < -0.4 is 10.4 Å². The van der Waals surface area contributed by atoms with E-state index in [0.717, 1.165) is 6.42 Å². The maximum absolute atomic E-state index is 5.79. The lowest BCUT2D eigenvalue weighted by Gasteiger charge is -2.21. The summed E-state index contributed by atoms with van der Waals surface area (Å²) in [5, 5.41) is 2.63. The Morgan fingerprint density at radius 2 is 1.52 bits per heavy atom. The zero-order valence-corrected chi connectivity index (χ0v) is 13.9. The lowest BCUT2D eigenvalue weighted by Crippen LogP contribution is -2.25. The Morgan fingerprint density at radius 1 is 0.870 bits per heavy atom. The molecule has 2 aromatic carbocycles. The highest BCUT2D eigenvalue weighted by atomic mass is 16.7. The fraction of sp³-hybridized carbons (Fsp3) is 0.333. The summed E-state index contributed by atoms with van der Waals surface area (Å²) >= 11 is 0. The predicted molar refractivity (Wildman–Crippen MR) is 94.4 cm³/mol. The average molecular weight is 308 g/mol. The van der Waals surface area contributed by atoms with E-state index in [9.17, 15) is 0 Å². The van der Waals surface area contributed by atoms with E-state index in [0.29, 0.717) is 19.1 Å². The Hall–Kier alpha value is -1.90. The first-order valence-electron chi connectivity index (χ1n) is 8.41. The van der Waals surface area contributed by atoms with Crippen LogP contribution in [0.4, 0.5) is 0 Å². The van der Waals surface area contributed by atoms with Crippen LogP contribution in [0.5, 0.6) is 0 Å². The third-order valence-corrected chi connectivity index (χ3v) is 4.28. The average Bonchev–Trinajstić information content (AvgIpc) is 2.95. The van der Waals surface area contributed by atoms with Crippen molar-refractivity contribution in [3.05, 3.63) is 70.6 Å². The first-order valence-corrected chi connectivity index (χ1v) is 8.41. The largest absolute Gasteiger partial charge is 0.353 e. The van der Waals surface area contributed by atoms with Crippen molar-refractivity contribution in [2.45, 2.75) is 32.5 Å². The van der Waals surface area contributed by atoms with Gasteiger partial charge in [0.2, 0.25) is 0 Å². The number of benzene rings is 2. The van der Waals surface area contributed by atoms with Crippen LogP contribution in [0, 0.1) is 0 Å². The van der Waals surface area contributed by atoms with E-state index in [4.69, 9.17) is 9.47 Å².